The number of nitriles is 1. The minimum Gasteiger partial charge on any atom is -0.497 e. The Balaban J connectivity index is 1.68. The summed E-state index contributed by atoms with van der Waals surface area (Å²) in [6, 6.07) is 19.0. The van der Waals surface area contributed by atoms with Crippen molar-refractivity contribution in [2.45, 2.75) is 5.54 Å². The molecule has 4 rings (SSSR count). The normalized spacial score (nSPS) is 14.1. The second-order valence-electron chi connectivity index (χ2n) is 7.88. The number of nitrogens with one attached hydrogen (secondary N) is 2. The second-order valence-corrected chi connectivity index (χ2v) is 8.31. The maximum absolute atomic E-state index is 13.8. The van der Waals surface area contributed by atoms with Crippen molar-refractivity contribution >= 4 is 35.1 Å². The molecule has 0 unspecified atom stereocenters. The average molecular weight is 505 g/mol. The summed E-state index contributed by atoms with van der Waals surface area (Å²) in [5.41, 5.74) is -0.244. The molecule has 0 spiro atoms. The Hall–Kier alpha value is -4.55. The number of anilines is 1. The van der Waals surface area contributed by atoms with Crippen LogP contribution in [0.1, 0.15) is 16.7 Å². The van der Waals surface area contributed by atoms with Crippen molar-refractivity contribution in [1.82, 2.24) is 10.2 Å². The van der Waals surface area contributed by atoms with E-state index in [2.05, 4.69) is 10.6 Å². The average Bonchev–Trinajstić information content (AvgIpc) is 3.14. The number of urea groups is 1. The number of benzene rings is 3. The van der Waals surface area contributed by atoms with Gasteiger partial charge in [-0.2, -0.15) is 5.26 Å². The van der Waals surface area contributed by atoms with Crippen molar-refractivity contribution in [2.24, 2.45) is 0 Å². The van der Waals surface area contributed by atoms with Gasteiger partial charge in [0.25, 0.3) is 5.91 Å². The Kier molecular flexibility index (Phi) is 6.81. The number of carbonyl (C=O) groups is 3. The number of hydrogen-bond acceptors (Lipinski definition) is 6. The monoisotopic (exact) mass is 504 g/mol. The van der Waals surface area contributed by atoms with Crippen molar-refractivity contribution in [1.29, 1.82) is 5.26 Å². The maximum atomic E-state index is 13.8. The van der Waals surface area contributed by atoms with Crippen molar-refractivity contribution in [3.8, 4) is 17.6 Å². The molecule has 3 aromatic carbocycles. The number of nitrogens with zero attached hydrogens (tertiary/aromatic N) is 2. The summed E-state index contributed by atoms with van der Waals surface area (Å²) in [5.74, 6) is -0.153. The number of imide groups is 1. The summed E-state index contributed by atoms with van der Waals surface area (Å²) in [6.07, 6.45) is 0. The van der Waals surface area contributed by atoms with Gasteiger partial charge in [0.2, 0.25) is 5.91 Å². The lowest BCUT2D eigenvalue weighted by molar-refractivity contribution is -0.133. The Morgan fingerprint density at radius 1 is 1.00 bits per heavy atom. The third kappa shape index (κ3) is 4.42. The van der Waals surface area contributed by atoms with Gasteiger partial charge in [-0.05, 0) is 53.6 Å². The molecule has 1 fully saturated rings. The van der Waals surface area contributed by atoms with Gasteiger partial charge in [-0.25, -0.2) is 4.79 Å². The van der Waals surface area contributed by atoms with Crippen molar-refractivity contribution < 1.29 is 23.9 Å². The topological polar surface area (TPSA) is 121 Å². The molecule has 1 aliphatic rings. The Labute approximate surface area is 212 Å². The quantitative estimate of drug-likeness (QED) is 0.474. The van der Waals surface area contributed by atoms with Crippen LogP contribution in [0.3, 0.4) is 0 Å². The van der Waals surface area contributed by atoms with Crippen LogP contribution in [0, 0.1) is 11.3 Å². The van der Waals surface area contributed by atoms with E-state index in [0.717, 1.165) is 4.90 Å². The van der Waals surface area contributed by atoms with Gasteiger partial charge in [0.15, 0.2) is 5.54 Å². The van der Waals surface area contributed by atoms with Crippen molar-refractivity contribution in [3.05, 3.63) is 88.4 Å². The first-order valence-corrected chi connectivity index (χ1v) is 11.1. The number of methoxy groups -OCH3 is 2. The molecule has 182 valence electrons. The third-order valence-corrected chi connectivity index (χ3v) is 6.06. The fourth-order valence-electron chi connectivity index (χ4n) is 4.01. The van der Waals surface area contributed by atoms with Crippen LogP contribution in [-0.4, -0.2) is 43.5 Å². The molecule has 3 aromatic rings. The first-order valence-electron chi connectivity index (χ1n) is 10.7. The third-order valence-electron chi connectivity index (χ3n) is 5.83. The molecule has 1 heterocycles. The zero-order valence-corrected chi connectivity index (χ0v) is 20.1. The zero-order chi connectivity index (χ0) is 25.9. The lowest BCUT2D eigenvalue weighted by Crippen LogP contribution is -2.45. The predicted octanol–water partition coefficient (Wildman–Crippen LogP) is 3.66. The summed E-state index contributed by atoms with van der Waals surface area (Å²) in [4.78, 5) is 40.5. The molecule has 1 saturated heterocycles. The smallest absolute Gasteiger partial charge is 0.326 e. The predicted molar refractivity (Wildman–Crippen MR) is 132 cm³/mol. The minimum absolute atomic E-state index is 0.179. The summed E-state index contributed by atoms with van der Waals surface area (Å²) in [7, 11) is 3.05. The van der Waals surface area contributed by atoms with Crippen LogP contribution < -0.4 is 20.1 Å². The number of ether oxygens (including phenoxy) is 2. The van der Waals surface area contributed by atoms with Crippen LogP contribution in [0.5, 0.6) is 11.5 Å². The number of halogens is 1. The molecular weight excluding hydrogens is 484 g/mol. The lowest BCUT2D eigenvalue weighted by atomic mass is 9.82. The summed E-state index contributed by atoms with van der Waals surface area (Å²) in [5, 5.41) is 14.9. The fourth-order valence-corrected chi connectivity index (χ4v) is 4.18. The van der Waals surface area contributed by atoms with Gasteiger partial charge in [0.1, 0.15) is 24.1 Å². The van der Waals surface area contributed by atoms with Gasteiger partial charge in [-0.1, -0.05) is 35.9 Å². The highest BCUT2D eigenvalue weighted by atomic mass is 35.5. The van der Waals surface area contributed by atoms with Crippen LogP contribution in [0.25, 0.3) is 0 Å². The van der Waals surface area contributed by atoms with Crippen LogP contribution in [0.2, 0.25) is 5.02 Å². The first-order chi connectivity index (χ1) is 17.3. The Morgan fingerprint density at radius 2 is 1.56 bits per heavy atom. The molecular formula is C26H21ClN4O5. The van der Waals surface area contributed by atoms with Crippen LogP contribution in [0.15, 0.2) is 66.7 Å². The standard InChI is InChI=1S/C26H21ClN4O5/c1-35-20-9-4-17(5-10-20)26(18-6-11-21(36-2)12-7-18)24(33)31(25(34)30-26)15-23(32)29-22-13-19(27)8-3-16(22)14-28/h3-13H,15H2,1-2H3,(H,29,32)(H,30,34). The zero-order valence-electron chi connectivity index (χ0n) is 19.4. The highest BCUT2D eigenvalue weighted by Gasteiger charge is 2.54. The van der Waals surface area contributed by atoms with E-state index in [1.165, 1.54) is 32.4 Å². The Bertz CT molecular complexity index is 1320. The van der Waals surface area contributed by atoms with E-state index in [9.17, 15) is 19.6 Å². The largest absolute Gasteiger partial charge is 0.497 e. The van der Waals surface area contributed by atoms with Gasteiger partial charge in [-0.15, -0.1) is 0 Å². The van der Waals surface area contributed by atoms with E-state index in [4.69, 9.17) is 21.1 Å². The Morgan fingerprint density at radius 3 is 2.06 bits per heavy atom. The van der Waals surface area contributed by atoms with Crippen molar-refractivity contribution in [3.63, 3.8) is 0 Å². The highest BCUT2D eigenvalue weighted by molar-refractivity contribution is 6.31. The number of carbonyl (C=O) groups excluding carboxylic acids is 3. The molecule has 1 aliphatic heterocycles. The fraction of sp³-hybridized carbons (Fsp3) is 0.154. The van der Waals surface area contributed by atoms with Crippen LogP contribution in [-0.2, 0) is 15.1 Å². The van der Waals surface area contributed by atoms with Crippen LogP contribution in [0.4, 0.5) is 10.5 Å². The van der Waals surface area contributed by atoms with Gasteiger partial charge in [0, 0.05) is 5.02 Å². The summed E-state index contributed by atoms with van der Waals surface area (Å²) >= 11 is 5.98. The first kappa shape index (κ1) is 24.6. The molecule has 0 aromatic heterocycles. The number of amides is 4. The van der Waals surface area contributed by atoms with E-state index in [1.807, 2.05) is 6.07 Å². The summed E-state index contributed by atoms with van der Waals surface area (Å²) < 4.78 is 10.4. The molecule has 0 radical (unpaired) electrons. The molecule has 0 bridgehead atoms. The summed E-state index contributed by atoms with van der Waals surface area (Å²) in [6.45, 7) is -0.573. The van der Waals surface area contributed by atoms with E-state index >= 15 is 0 Å². The van der Waals surface area contributed by atoms with E-state index in [-0.39, 0.29) is 11.3 Å². The van der Waals surface area contributed by atoms with E-state index in [1.54, 1.807) is 48.5 Å². The molecule has 0 atom stereocenters. The van der Waals surface area contributed by atoms with Gasteiger partial charge in [-0.3, -0.25) is 14.5 Å². The second kappa shape index (κ2) is 9.98. The molecule has 0 aliphatic carbocycles. The minimum atomic E-state index is -1.58. The van der Waals surface area contributed by atoms with Crippen LogP contribution >= 0.6 is 11.6 Å². The van der Waals surface area contributed by atoms with E-state index < -0.39 is 29.9 Å². The number of rotatable bonds is 7. The molecule has 36 heavy (non-hydrogen) atoms. The van der Waals surface area contributed by atoms with Gasteiger partial charge < -0.3 is 20.1 Å². The molecule has 4 amide bonds. The molecule has 2 N–H and O–H groups in total. The SMILES string of the molecule is COc1ccc(C2(c3ccc(OC)cc3)NC(=O)N(CC(=O)Nc3cc(Cl)ccc3C#N)C2=O)cc1. The molecule has 10 heteroatoms. The highest BCUT2D eigenvalue weighted by Crippen LogP contribution is 2.37. The number of hydrogen-bond donors (Lipinski definition) is 2. The van der Waals surface area contributed by atoms with Gasteiger partial charge >= 0.3 is 6.03 Å². The molecule has 9 nitrogen and oxygen atoms in total. The van der Waals surface area contributed by atoms with Gasteiger partial charge in [0.05, 0.1) is 25.5 Å². The van der Waals surface area contributed by atoms with E-state index in [0.29, 0.717) is 27.6 Å². The maximum Gasteiger partial charge on any atom is 0.326 e. The lowest BCUT2D eigenvalue weighted by Gasteiger charge is -2.28. The molecule has 0 saturated carbocycles. The van der Waals surface area contributed by atoms with Crippen molar-refractivity contribution in [2.75, 3.05) is 26.1 Å².